The Bertz CT molecular complexity index is 454. The molecular formula is C13H13ClF3NO. The monoisotopic (exact) mass is 291 g/mol. The molecule has 1 amide bonds. The molecule has 0 radical (unpaired) electrons. The van der Waals surface area contributed by atoms with Gasteiger partial charge in [-0.05, 0) is 30.5 Å². The van der Waals surface area contributed by atoms with E-state index in [-0.39, 0.29) is 17.8 Å². The minimum Gasteiger partial charge on any atom is -0.334 e. The highest BCUT2D eigenvalue weighted by molar-refractivity contribution is 6.27. The van der Waals surface area contributed by atoms with Crippen LogP contribution >= 0.6 is 11.6 Å². The van der Waals surface area contributed by atoms with E-state index in [2.05, 4.69) is 0 Å². The third kappa shape index (κ3) is 3.62. The maximum Gasteiger partial charge on any atom is 0.416 e. The maximum absolute atomic E-state index is 12.4. The van der Waals surface area contributed by atoms with Crippen molar-refractivity contribution in [3.63, 3.8) is 0 Å². The highest BCUT2D eigenvalue weighted by Gasteiger charge is 2.33. The first-order chi connectivity index (χ1) is 8.91. The van der Waals surface area contributed by atoms with Crippen LogP contribution in [0.2, 0.25) is 0 Å². The third-order valence-corrected chi connectivity index (χ3v) is 3.29. The SMILES string of the molecule is O=C(CCl)N(Cc1ccc(C(F)(F)F)cc1)C1CC1. The lowest BCUT2D eigenvalue weighted by atomic mass is 10.1. The first-order valence-electron chi connectivity index (χ1n) is 5.93. The Morgan fingerprint density at radius 2 is 1.84 bits per heavy atom. The molecule has 0 unspecified atom stereocenters. The zero-order chi connectivity index (χ0) is 14.0. The summed E-state index contributed by atoms with van der Waals surface area (Å²) in [6.07, 6.45) is -2.47. The van der Waals surface area contributed by atoms with Gasteiger partial charge in [0, 0.05) is 12.6 Å². The number of carbonyl (C=O) groups is 1. The van der Waals surface area contributed by atoms with Gasteiger partial charge in [-0.15, -0.1) is 11.6 Å². The van der Waals surface area contributed by atoms with Gasteiger partial charge in [0.1, 0.15) is 5.88 Å². The Hall–Kier alpha value is -1.23. The number of benzene rings is 1. The Kier molecular flexibility index (Phi) is 4.04. The number of alkyl halides is 4. The number of hydrogen-bond donors (Lipinski definition) is 0. The summed E-state index contributed by atoms with van der Waals surface area (Å²) < 4.78 is 37.3. The predicted molar refractivity (Wildman–Crippen MR) is 65.7 cm³/mol. The van der Waals surface area contributed by atoms with Crippen LogP contribution in [-0.4, -0.2) is 22.7 Å². The van der Waals surface area contributed by atoms with Crippen LogP contribution in [0, 0.1) is 0 Å². The molecule has 0 aromatic heterocycles. The Morgan fingerprint density at radius 1 is 1.26 bits per heavy atom. The summed E-state index contributed by atoms with van der Waals surface area (Å²) in [5, 5.41) is 0. The number of hydrogen-bond acceptors (Lipinski definition) is 1. The molecular weight excluding hydrogens is 279 g/mol. The lowest BCUT2D eigenvalue weighted by Crippen LogP contribution is -2.33. The van der Waals surface area contributed by atoms with E-state index >= 15 is 0 Å². The number of rotatable bonds is 4. The lowest BCUT2D eigenvalue weighted by Gasteiger charge is -2.21. The number of nitrogens with zero attached hydrogens (tertiary/aromatic N) is 1. The van der Waals surface area contributed by atoms with Gasteiger partial charge in [0.25, 0.3) is 0 Å². The molecule has 1 aliphatic carbocycles. The van der Waals surface area contributed by atoms with Crippen molar-refractivity contribution in [1.82, 2.24) is 4.90 Å². The highest BCUT2D eigenvalue weighted by atomic mass is 35.5. The number of amides is 1. The minimum atomic E-state index is -4.33. The summed E-state index contributed by atoms with van der Waals surface area (Å²) in [7, 11) is 0. The van der Waals surface area contributed by atoms with Crippen LogP contribution in [0.4, 0.5) is 13.2 Å². The van der Waals surface area contributed by atoms with Crippen molar-refractivity contribution in [3.8, 4) is 0 Å². The summed E-state index contributed by atoms with van der Waals surface area (Å²) in [4.78, 5) is 13.3. The number of halogens is 4. The summed E-state index contributed by atoms with van der Waals surface area (Å²) in [5.74, 6) is -0.277. The van der Waals surface area contributed by atoms with Crippen molar-refractivity contribution >= 4 is 17.5 Å². The second kappa shape index (κ2) is 5.41. The molecule has 1 aliphatic rings. The fourth-order valence-corrected chi connectivity index (χ4v) is 2.03. The Labute approximate surface area is 114 Å². The van der Waals surface area contributed by atoms with E-state index < -0.39 is 11.7 Å². The van der Waals surface area contributed by atoms with Crippen LogP contribution in [0.25, 0.3) is 0 Å². The van der Waals surface area contributed by atoms with Crippen molar-refractivity contribution in [2.75, 3.05) is 5.88 Å². The van der Waals surface area contributed by atoms with Crippen molar-refractivity contribution in [1.29, 1.82) is 0 Å². The van der Waals surface area contributed by atoms with E-state index in [0.717, 1.165) is 25.0 Å². The topological polar surface area (TPSA) is 20.3 Å². The second-order valence-corrected chi connectivity index (χ2v) is 4.85. The zero-order valence-electron chi connectivity index (χ0n) is 10.1. The van der Waals surface area contributed by atoms with E-state index in [4.69, 9.17) is 11.6 Å². The maximum atomic E-state index is 12.4. The Balaban J connectivity index is 2.07. The largest absolute Gasteiger partial charge is 0.416 e. The summed E-state index contributed by atoms with van der Waals surface area (Å²) in [6, 6.07) is 5.06. The predicted octanol–water partition coefficient (Wildman–Crippen LogP) is 3.44. The van der Waals surface area contributed by atoms with Gasteiger partial charge in [0.2, 0.25) is 5.91 Å². The smallest absolute Gasteiger partial charge is 0.334 e. The fourth-order valence-electron chi connectivity index (χ4n) is 1.88. The van der Waals surface area contributed by atoms with Gasteiger partial charge in [-0.1, -0.05) is 12.1 Å². The average Bonchev–Trinajstić information content (AvgIpc) is 3.19. The summed E-state index contributed by atoms with van der Waals surface area (Å²) in [6.45, 7) is 0.314. The minimum absolute atomic E-state index is 0.100. The number of carbonyl (C=O) groups excluding carboxylic acids is 1. The van der Waals surface area contributed by atoms with Crippen LogP contribution in [0.1, 0.15) is 24.0 Å². The first-order valence-corrected chi connectivity index (χ1v) is 6.47. The van der Waals surface area contributed by atoms with Gasteiger partial charge in [0.05, 0.1) is 5.56 Å². The van der Waals surface area contributed by atoms with Crippen LogP contribution in [-0.2, 0) is 17.5 Å². The molecule has 0 spiro atoms. The first kappa shape index (κ1) is 14.2. The van der Waals surface area contributed by atoms with Gasteiger partial charge in [0.15, 0.2) is 0 Å². The van der Waals surface area contributed by atoms with E-state index in [1.54, 1.807) is 4.90 Å². The normalized spacial score (nSPS) is 15.4. The van der Waals surface area contributed by atoms with Gasteiger partial charge < -0.3 is 4.90 Å². The van der Waals surface area contributed by atoms with E-state index in [0.29, 0.717) is 12.1 Å². The van der Waals surface area contributed by atoms with Gasteiger partial charge in [-0.3, -0.25) is 4.79 Å². The van der Waals surface area contributed by atoms with Crippen molar-refractivity contribution in [2.24, 2.45) is 0 Å². The molecule has 2 nitrogen and oxygen atoms in total. The van der Waals surface area contributed by atoms with Gasteiger partial charge in [-0.2, -0.15) is 13.2 Å². The van der Waals surface area contributed by atoms with Crippen LogP contribution in [0.3, 0.4) is 0 Å². The molecule has 1 aromatic rings. The van der Waals surface area contributed by atoms with Gasteiger partial charge in [-0.25, -0.2) is 0 Å². The van der Waals surface area contributed by atoms with E-state index in [1.807, 2.05) is 0 Å². The van der Waals surface area contributed by atoms with Gasteiger partial charge >= 0.3 is 6.18 Å². The average molecular weight is 292 g/mol. The molecule has 0 aliphatic heterocycles. The molecule has 1 aromatic carbocycles. The molecule has 104 valence electrons. The molecule has 0 heterocycles. The van der Waals surface area contributed by atoms with E-state index in [1.165, 1.54) is 12.1 Å². The summed E-state index contributed by atoms with van der Waals surface area (Å²) >= 11 is 5.53. The van der Waals surface area contributed by atoms with Crippen LogP contribution < -0.4 is 0 Å². The molecule has 0 bridgehead atoms. The van der Waals surface area contributed by atoms with Crippen molar-refractivity contribution < 1.29 is 18.0 Å². The molecule has 0 saturated heterocycles. The summed E-state index contributed by atoms with van der Waals surface area (Å²) in [5.41, 5.74) is -0.00346. The molecule has 6 heteroatoms. The molecule has 19 heavy (non-hydrogen) atoms. The quantitative estimate of drug-likeness (QED) is 0.778. The third-order valence-electron chi connectivity index (χ3n) is 3.06. The van der Waals surface area contributed by atoms with Crippen LogP contribution in [0.5, 0.6) is 0 Å². The molecule has 2 rings (SSSR count). The molecule has 0 atom stereocenters. The lowest BCUT2D eigenvalue weighted by molar-refractivity contribution is -0.137. The van der Waals surface area contributed by atoms with Crippen molar-refractivity contribution in [2.45, 2.75) is 31.6 Å². The molecule has 1 fully saturated rings. The highest BCUT2D eigenvalue weighted by Crippen LogP contribution is 2.31. The Morgan fingerprint density at radius 3 is 2.26 bits per heavy atom. The standard InChI is InChI=1S/C13H13ClF3NO/c14-7-12(19)18(11-5-6-11)8-9-1-3-10(4-2-9)13(15,16)17/h1-4,11H,5-8H2. The molecule has 1 saturated carbocycles. The second-order valence-electron chi connectivity index (χ2n) is 4.58. The zero-order valence-corrected chi connectivity index (χ0v) is 10.8. The molecule has 0 N–H and O–H groups in total. The van der Waals surface area contributed by atoms with Crippen molar-refractivity contribution in [3.05, 3.63) is 35.4 Å². The van der Waals surface area contributed by atoms with Crippen LogP contribution in [0.15, 0.2) is 24.3 Å². The van der Waals surface area contributed by atoms with E-state index in [9.17, 15) is 18.0 Å². The fraction of sp³-hybridized carbons (Fsp3) is 0.462.